The predicted octanol–water partition coefficient (Wildman–Crippen LogP) is 3.77. The summed E-state index contributed by atoms with van der Waals surface area (Å²) in [6.45, 7) is 2.90. The number of rotatable bonds is 4. The second-order valence-corrected chi connectivity index (χ2v) is 6.90. The van der Waals surface area contributed by atoms with E-state index in [2.05, 4.69) is 34.7 Å². The Kier molecular flexibility index (Phi) is 4.13. The minimum absolute atomic E-state index is 0.196. The fourth-order valence-corrected chi connectivity index (χ4v) is 3.36. The van der Waals surface area contributed by atoms with E-state index in [-0.39, 0.29) is 12.7 Å². The van der Waals surface area contributed by atoms with Crippen LogP contribution < -0.4 is 14.8 Å². The van der Waals surface area contributed by atoms with Gasteiger partial charge in [-0.25, -0.2) is 4.68 Å². The molecular weight excluding hydrogens is 368 g/mol. The van der Waals surface area contributed by atoms with E-state index in [1.807, 2.05) is 22.9 Å². The summed E-state index contributed by atoms with van der Waals surface area (Å²) in [5.74, 6) is 1.08. The van der Waals surface area contributed by atoms with Crippen LogP contribution in [0.2, 0.25) is 0 Å². The standard InChI is InChI=1S/C22H18N4O3/c1-14-4-2-3-5-16(14)12-26-19-8-6-15(10-18(19)24-25-26)22(27)23-17-7-9-20-21(11-17)29-13-28-20/h2-11H,12-13H2,1H3,(H,23,27). The molecule has 4 aromatic rings. The normalized spacial score (nSPS) is 12.3. The van der Waals surface area contributed by atoms with E-state index in [0.29, 0.717) is 34.8 Å². The first-order chi connectivity index (χ1) is 14.2. The van der Waals surface area contributed by atoms with E-state index >= 15 is 0 Å². The Bertz CT molecular complexity index is 1230. The van der Waals surface area contributed by atoms with Crippen molar-refractivity contribution in [3.05, 3.63) is 77.4 Å². The summed E-state index contributed by atoms with van der Waals surface area (Å²) in [6.07, 6.45) is 0. The van der Waals surface area contributed by atoms with Gasteiger partial charge in [0.05, 0.1) is 12.1 Å². The van der Waals surface area contributed by atoms with Crippen LogP contribution in [0.15, 0.2) is 60.7 Å². The molecule has 2 heterocycles. The number of amides is 1. The van der Waals surface area contributed by atoms with Gasteiger partial charge in [0.1, 0.15) is 5.52 Å². The number of anilines is 1. The maximum Gasteiger partial charge on any atom is 0.255 e. The molecule has 7 nitrogen and oxygen atoms in total. The van der Waals surface area contributed by atoms with Crippen LogP contribution in [-0.4, -0.2) is 27.7 Å². The second-order valence-electron chi connectivity index (χ2n) is 6.90. The van der Waals surface area contributed by atoms with E-state index < -0.39 is 0 Å². The molecule has 0 fully saturated rings. The third kappa shape index (κ3) is 3.27. The van der Waals surface area contributed by atoms with E-state index in [1.165, 1.54) is 11.1 Å². The molecule has 5 rings (SSSR count). The zero-order chi connectivity index (χ0) is 19.8. The lowest BCUT2D eigenvalue weighted by molar-refractivity contribution is 0.102. The number of benzene rings is 3. The van der Waals surface area contributed by atoms with Crippen LogP contribution in [0.5, 0.6) is 11.5 Å². The number of ether oxygens (including phenoxy) is 2. The van der Waals surface area contributed by atoms with Crippen LogP contribution >= 0.6 is 0 Å². The van der Waals surface area contributed by atoms with Gasteiger partial charge in [-0.05, 0) is 48.4 Å². The number of carbonyl (C=O) groups is 1. The largest absolute Gasteiger partial charge is 0.454 e. The highest BCUT2D eigenvalue weighted by Gasteiger charge is 2.15. The predicted molar refractivity (Wildman–Crippen MR) is 108 cm³/mol. The summed E-state index contributed by atoms with van der Waals surface area (Å²) in [5.41, 5.74) is 5.10. The maximum atomic E-state index is 12.7. The van der Waals surface area contributed by atoms with Crippen LogP contribution in [0, 0.1) is 6.92 Å². The molecule has 0 bridgehead atoms. The fraction of sp³-hybridized carbons (Fsp3) is 0.136. The molecule has 1 aliphatic rings. The molecule has 1 N–H and O–H groups in total. The van der Waals surface area contributed by atoms with Gasteiger partial charge in [-0.15, -0.1) is 5.10 Å². The van der Waals surface area contributed by atoms with Crippen LogP contribution in [0.1, 0.15) is 21.5 Å². The fourth-order valence-electron chi connectivity index (χ4n) is 3.36. The van der Waals surface area contributed by atoms with Gasteiger partial charge < -0.3 is 14.8 Å². The Labute approximate surface area is 166 Å². The minimum Gasteiger partial charge on any atom is -0.454 e. The van der Waals surface area contributed by atoms with Crippen molar-refractivity contribution in [3.63, 3.8) is 0 Å². The van der Waals surface area contributed by atoms with Crippen LogP contribution in [-0.2, 0) is 6.54 Å². The Morgan fingerprint density at radius 2 is 1.93 bits per heavy atom. The molecule has 144 valence electrons. The highest BCUT2D eigenvalue weighted by molar-refractivity contribution is 6.06. The maximum absolute atomic E-state index is 12.7. The lowest BCUT2D eigenvalue weighted by Gasteiger charge is -2.07. The van der Waals surface area contributed by atoms with Gasteiger partial charge in [0.2, 0.25) is 6.79 Å². The molecule has 1 amide bonds. The molecule has 0 saturated carbocycles. The van der Waals surface area contributed by atoms with Gasteiger partial charge in [0.15, 0.2) is 11.5 Å². The Morgan fingerprint density at radius 3 is 2.83 bits per heavy atom. The van der Waals surface area contributed by atoms with Crippen molar-refractivity contribution in [3.8, 4) is 11.5 Å². The molecule has 0 unspecified atom stereocenters. The third-order valence-corrected chi connectivity index (χ3v) is 4.99. The van der Waals surface area contributed by atoms with E-state index in [1.54, 1.807) is 30.3 Å². The summed E-state index contributed by atoms with van der Waals surface area (Å²) >= 11 is 0. The minimum atomic E-state index is -0.223. The SMILES string of the molecule is Cc1ccccc1Cn1nnc2cc(C(=O)Nc3ccc4c(c3)OCO4)ccc21. The summed E-state index contributed by atoms with van der Waals surface area (Å²) < 4.78 is 12.5. The third-order valence-electron chi connectivity index (χ3n) is 4.99. The number of hydrogen-bond donors (Lipinski definition) is 1. The van der Waals surface area contributed by atoms with E-state index in [9.17, 15) is 4.79 Å². The molecule has 1 aromatic heterocycles. The van der Waals surface area contributed by atoms with Gasteiger partial charge in [0, 0.05) is 17.3 Å². The van der Waals surface area contributed by atoms with Gasteiger partial charge in [-0.2, -0.15) is 0 Å². The summed E-state index contributed by atoms with van der Waals surface area (Å²) in [5, 5.41) is 11.4. The molecule has 0 atom stereocenters. The lowest BCUT2D eigenvalue weighted by atomic mass is 10.1. The van der Waals surface area contributed by atoms with Crippen LogP contribution in [0.3, 0.4) is 0 Å². The number of hydrogen-bond acceptors (Lipinski definition) is 5. The summed E-state index contributed by atoms with van der Waals surface area (Å²) in [4.78, 5) is 12.7. The summed E-state index contributed by atoms with van der Waals surface area (Å²) in [7, 11) is 0. The lowest BCUT2D eigenvalue weighted by Crippen LogP contribution is -2.11. The van der Waals surface area contributed by atoms with Crippen molar-refractivity contribution in [1.29, 1.82) is 0 Å². The smallest absolute Gasteiger partial charge is 0.255 e. The highest BCUT2D eigenvalue weighted by atomic mass is 16.7. The second kappa shape index (κ2) is 6.94. The first kappa shape index (κ1) is 17.2. The molecule has 7 heteroatoms. The van der Waals surface area contributed by atoms with E-state index in [4.69, 9.17) is 9.47 Å². The Hall–Kier alpha value is -3.87. The zero-order valence-corrected chi connectivity index (χ0v) is 15.8. The Morgan fingerprint density at radius 1 is 1.07 bits per heavy atom. The van der Waals surface area contributed by atoms with Crippen molar-refractivity contribution in [2.45, 2.75) is 13.5 Å². The van der Waals surface area contributed by atoms with Crippen molar-refractivity contribution in [2.24, 2.45) is 0 Å². The molecule has 0 spiro atoms. The molecule has 3 aromatic carbocycles. The summed E-state index contributed by atoms with van der Waals surface area (Å²) in [6, 6.07) is 18.9. The van der Waals surface area contributed by atoms with Gasteiger partial charge in [-0.1, -0.05) is 29.5 Å². The highest BCUT2D eigenvalue weighted by Crippen LogP contribution is 2.34. The molecular formula is C22H18N4O3. The van der Waals surface area contributed by atoms with Crippen LogP contribution in [0.25, 0.3) is 11.0 Å². The zero-order valence-electron chi connectivity index (χ0n) is 15.8. The van der Waals surface area contributed by atoms with Crippen molar-refractivity contribution < 1.29 is 14.3 Å². The van der Waals surface area contributed by atoms with Crippen LogP contribution in [0.4, 0.5) is 5.69 Å². The molecule has 0 aliphatic carbocycles. The number of fused-ring (bicyclic) bond motifs is 2. The van der Waals surface area contributed by atoms with Crippen molar-refractivity contribution in [1.82, 2.24) is 15.0 Å². The number of aryl methyl sites for hydroxylation is 1. The van der Waals surface area contributed by atoms with Gasteiger partial charge in [-0.3, -0.25) is 4.79 Å². The quantitative estimate of drug-likeness (QED) is 0.578. The first-order valence-electron chi connectivity index (χ1n) is 9.26. The van der Waals surface area contributed by atoms with Gasteiger partial charge >= 0.3 is 0 Å². The number of nitrogens with zero attached hydrogens (tertiary/aromatic N) is 3. The molecule has 1 aliphatic heterocycles. The van der Waals surface area contributed by atoms with E-state index in [0.717, 1.165) is 5.52 Å². The first-order valence-corrected chi connectivity index (χ1v) is 9.26. The average Bonchev–Trinajstić information content (AvgIpc) is 3.36. The number of aromatic nitrogens is 3. The topological polar surface area (TPSA) is 78.3 Å². The molecule has 29 heavy (non-hydrogen) atoms. The average molecular weight is 386 g/mol. The Balaban J connectivity index is 1.37. The van der Waals surface area contributed by atoms with Gasteiger partial charge in [0.25, 0.3) is 5.91 Å². The number of nitrogens with one attached hydrogen (secondary N) is 1. The monoisotopic (exact) mass is 386 g/mol. The molecule has 0 saturated heterocycles. The van der Waals surface area contributed by atoms with Crippen molar-refractivity contribution >= 4 is 22.6 Å². The van der Waals surface area contributed by atoms with Crippen molar-refractivity contribution in [2.75, 3.05) is 12.1 Å². The molecule has 0 radical (unpaired) electrons. The number of carbonyl (C=O) groups excluding carboxylic acids is 1.